The number of anilines is 1. The van der Waals surface area contributed by atoms with Crippen LogP contribution in [0.2, 0.25) is 0 Å². The minimum Gasteiger partial charge on any atom is -0.381 e. The lowest BCUT2D eigenvalue weighted by atomic mass is 10.2. The summed E-state index contributed by atoms with van der Waals surface area (Å²) in [5, 5.41) is 13.4. The van der Waals surface area contributed by atoms with Crippen molar-refractivity contribution in [3.63, 3.8) is 0 Å². The molecule has 0 spiro atoms. The van der Waals surface area contributed by atoms with Gasteiger partial charge in [0.25, 0.3) is 11.8 Å². The molecule has 0 fully saturated rings. The summed E-state index contributed by atoms with van der Waals surface area (Å²) in [4.78, 5) is 30.1. The third kappa shape index (κ3) is 3.68. The molecule has 25 heavy (non-hydrogen) atoms. The average molecular weight is 347 g/mol. The molecule has 0 bridgehead atoms. The van der Waals surface area contributed by atoms with Gasteiger partial charge in [-0.25, -0.2) is 9.67 Å². The third-order valence-corrected chi connectivity index (χ3v) is 4.05. The highest BCUT2D eigenvalue weighted by atomic mass is 16.5. The molecule has 3 rings (SSSR count). The molecule has 1 atom stereocenters. The molecular weight excluding hydrogens is 326 g/mol. The van der Waals surface area contributed by atoms with Crippen LogP contribution in [0.3, 0.4) is 0 Å². The lowest BCUT2D eigenvalue weighted by molar-refractivity contribution is -0.120. The number of aryl methyl sites for hydroxylation is 1. The number of aromatic amines is 1. The number of nitrogens with one attached hydrogen (secondary N) is 2. The van der Waals surface area contributed by atoms with E-state index in [-0.39, 0.29) is 11.7 Å². The molecule has 3 heterocycles. The summed E-state index contributed by atoms with van der Waals surface area (Å²) in [6, 6.07) is 1.24. The number of hydrogen-bond acceptors (Lipinski definition) is 6. The van der Waals surface area contributed by atoms with Gasteiger partial charge in [-0.3, -0.25) is 19.6 Å². The van der Waals surface area contributed by atoms with Crippen molar-refractivity contribution in [2.24, 2.45) is 0 Å². The zero-order valence-corrected chi connectivity index (χ0v) is 14.2. The number of carbonyl (C=O) groups is 2. The van der Waals surface area contributed by atoms with Gasteiger partial charge in [0, 0.05) is 32.7 Å². The Morgan fingerprint density at radius 3 is 3.08 bits per heavy atom. The normalized spacial score (nSPS) is 17.3. The van der Waals surface area contributed by atoms with E-state index >= 15 is 0 Å². The highest BCUT2D eigenvalue weighted by molar-refractivity contribution is 6.00. The van der Waals surface area contributed by atoms with E-state index in [1.165, 1.54) is 11.2 Å². The summed E-state index contributed by atoms with van der Waals surface area (Å²) >= 11 is 0. The molecule has 2 aromatic heterocycles. The van der Waals surface area contributed by atoms with Gasteiger partial charge in [-0.15, -0.1) is 0 Å². The van der Waals surface area contributed by atoms with E-state index in [4.69, 9.17) is 4.74 Å². The van der Waals surface area contributed by atoms with Gasteiger partial charge < -0.3 is 10.1 Å². The maximum Gasteiger partial charge on any atom is 0.289 e. The minimum absolute atomic E-state index is 0.0793. The summed E-state index contributed by atoms with van der Waals surface area (Å²) in [7, 11) is 1.68. The van der Waals surface area contributed by atoms with Crippen LogP contribution in [0.25, 0.3) is 0 Å². The van der Waals surface area contributed by atoms with Gasteiger partial charge in [-0.2, -0.15) is 10.2 Å². The zero-order valence-electron chi connectivity index (χ0n) is 14.2. The van der Waals surface area contributed by atoms with Gasteiger partial charge >= 0.3 is 0 Å². The molecule has 134 valence electrons. The Bertz CT molecular complexity index is 740. The van der Waals surface area contributed by atoms with Crippen molar-refractivity contribution in [3.8, 4) is 0 Å². The maximum absolute atomic E-state index is 12.7. The molecule has 2 N–H and O–H groups in total. The predicted octanol–water partition coefficient (Wildman–Crippen LogP) is -0.255. The Morgan fingerprint density at radius 1 is 1.52 bits per heavy atom. The largest absolute Gasteiger partial charge is 0.381 e. The van der Waals surface area contributed by atoms with Gasteiger partial charge in [0.05, 0.1) is 12.3 Å². The molecule has 0 aromatic carbocycles. The molecular formula is C15H21N7O3. The topological polar surface area (TPSA) is 118 Å². The Labute approximate surface area is 144 Å². The first-order chi connectivity index (χ1) is 12.1. The van der Waals surface area contributed by atoms with Crippen LogP contribution in [0.4, 0.5) is 5.82 Å². The van der Waals surface area contributed by atoms with E-state index in [1.807, 2.05) is 13.0 Å². The molecule has 0 aliphatic carbocycles. The van der Waals surface area contributed by atoms with Crippen LogP contribution in [0.1, 0.15) is 29.7 Å². The predicted molar refractivity (Wildman–Crippen MR) is 88.1 cm³/mol. The molecule has 0 radical (unpaired) electrons. The fourth-order valence-electron chi connectivity index (χ4n) is 2.73. The molecule has 1 aliphatic heterocycles. The van der Waals surface area contributed by atoms with Crippen molar-refractivity contribution in [1.82, 2.24) is 30.3 Å². The van der Waals surface area contributed by atoms with Gasteiger partial charge in [-0.05, 0) is 13.3 Å². The van der Waals surface area contributed by atoms with Gasteiger partial charge in [-0.1, -0.05) is 0 Å². The van der Waals surface area contributed by atoms with Crippen molar-refractivity contribution in [1.29, 1.82) is 0 Å². The fraction of sp³-hybridized carbons (Fsp3) is 0.533. The van der Waals surface area contributed by atoms with Crippen LogP contribution in [-0.2, 0) is 22.5 Å². The Morgan fingerprint density at radius 2 is 2.36 bits per heavy atom. The van der Waals surface area contributed by atoms with Crippen LogP contribution in [0, 0.1) is 0 Å². The van der Waals surface area contributed by atoms with Crippen LogP contribution in [0.5, 0.6) is 0 Å². The van der Waals surface area contributed by atoms with E-state index in [9.17, 15) is 9.59 Å². The molecule has 0 saturated heterocycles. The fourth-order valence-corrected chi connectivity index (χ4v) is 2.73. The average Bonchev–Trinajstić information content (AvgIpc) is 3.25. The zero-order chi connectivity index (χ0) is 17.8. The van der Waals surface area contributed by atoms with Crippen molar-refractivity contribution >= 4 is 17.6 Å². The lowest BCUT2D eigenvalue weighted by Gasteiger charge is -2.20. The summed E-state index contributed by atoms with van der Waals surface area (Å²) in [5.74, 6) is 0.146. The SMILES string of the molecule is CCOCCc1cc2n(n1)CC[C@@H](NC(=O)c1ncn[nH]1)C(=O)N2C. The maximum atomic E-state index is 12.7. The Balaban J connectivity index is 1.69. The molecule has 2 amide bonds. The van der Waals surface area contributed by atoms with Crippen LogP contribution in [-0.4, -0.2) is 63.1 Å². The second kappa shape index (κ2) is 7.43. The van der Waals surface area contributed by atoms with Gasteiger partial charge in [0.15, 0.2) is 0 Å². The van der Waals surface area contributed by atoms with E-state index < -0.39 is 11.9 Å². The number of nitrogens with zero attached hydrogens (tertiary/aromatic N) is 5. The lowest BCUT2D eigenvalue weighted by Crippen LogP contribution is -2.47. The van der Waals surface area contributed by atoms with Crippen LogP contribution < -0.4 is 10.2 Å². The molecule has 10 nitrogen and oxygen atoms in total. The monoisotopic (exact) mass is 347 g/mol. The number of likely N-dealkylation sites (N-methyl/N-ethyl adjacent to an activating group) is 1. The highest BCUT2D eigenvalue weighted by Crippen LogP contribution is 2.21. The number of ether oxygens (including phenoxy) is 1. The summed E-state index contributed by atoms with van der Waals surface area (Å²) < 4.78 is 7.14. The highest BCUT2D eigenvalue weighted by Gasteiger charge is 2.31. The number of hydrogen-bond donors (Lipinski definition) is 2. The van der Waals surface area contributed by atoms with Crippen LogP contribution in [0.15, 0.2) is 12.4 Å². The second-order valence-corrected chi connectivity index (χ2v) is 5.71. The van der Waals surface area contributed by atoms with E-state index in [0.29, 0.717) is 38.4 Å². The van der Waals surface area contributed by atoms with Crippen molar-refractivity contribution in [2.75, 3.05) is 25.2 Å². The number of amides is 2. The van der Waals surface area contributed by atoms with Crippen molar-refractivity contribution in [3.05, 3.63) is 23.9 Å². The molecule has 0 saturated carbocycles. The van der Waals surface area contributed by atoms with Crippen molar-refractivity contribution < 1.29 is 14.3 Å². The van der Waals surface area contributed by atoms with Gasteiger partial charge in [0.1, 0.15) is 18.2 Å². The number of carbonyl (C=O) groups excluding carboxylic acids is 2. The Kier molecular flexibility index (Phi) is 5.08. The van der Waals surface area contributed by atoms with E-state index in [2.05, 4.69) is 25.6 Å². The van der Waals surface area contributed by atoms with Gasteiger partial charge in [0.2, 0.25) is 5.82 Å². The first-order valence-corrected chi connectivity index (χ1v) is 8.18. The molecule has 10 heteroatoms. The van der Waals surface area contributed by atoms with E-state index in [0.717, 1.165) is 5.69 Å². The smallest absolute Gasteiger partial charge is 0.289 e. The number of H-pyrrole nitrogens is 1. The quantitative estimate of drug-likeness (QED) is 0.696. The Hall–Kier alpha value is -2.75. The number of rotatable bonds is 6. The molecule has 0 unspecified atom stereocenters. The first-order valence-electron chi connectivity index (χ1n) is 8.18. The molecule has 2 aromatic rings. The summed E-state index contributed by atoms with van der Waals surface area (Å²) in [5.41, 5.74) is 0.882. The summed E-state index contributed by atoms with van der Waals surface area (Å²) in [6.45, 7) is 3.74. The first kappa shape index (κ1) is 17.1. The molecule has 1 aliphatic rings. The third-order valence-electron chi connectivity index (χ3n) is 4.05. The van der Waals surface area contributed by atoms with E-state index in [1.54, 1.807) is 11.7 Å². The van der Waals surface area contributed by atoms with Crippen molar-refractivity contribution in [2.45, 2.75) is 32.4 Å². The van der Waals surface area contributed by atoms with Crippen LogP contribution >= 0.6 is 0 Å². The second-order valence-electron chi connectivity index (χ2n) is 5.71. The number of aromatic nitrogens is 5. The minimum atomic E-state index is -0.642. The summed E-state index contributed by atoms with van der Waals surface area (Å²) in [6.07, 6.45) is 2.39. The standard InChI is InChI=1S/C15H21N7O3/c1-3-25-7-5-10-8-12-21(2)15(24)11(4-6-22(12)20-10)18-14(23)13-16-9-17-19-13/h8-9,11H,3-7H2,1-2H3,(H,18,23)(H,16,17,19)/t11-/m1/s1. The number of fused-ring (bicyclic) bond motifs is 1.